The van der Waals surface area contributed by atoms with Gasteiger partial charge >= 0.3 is 5.97 Å². The van der Waals surface area contributed by atoms with Crippen molar-refractivity contribution in [3.8, 4) is 0 Å². The van der Waals surface area contributed by atoms with Crippen molar-refractivity contribution in [2.24, 2.45) is 11.8 Å². The first-order chi connectivity index (χ1) is 10.8. The van der Waals surface area contributed by atoms with Crippen molar-refractivity contribution in [2.75, 3.05) is 6.26 Å². The van der Waals surface area contributed by atoms with Crippen LogP contribution in [0.25, 0.3) is 0 Å². The average molecular weight is 372 g/mol. The van der Waals surface area contributed by atoms with Gasteiger partial charge in [0.05, 0.1) is 18.1 Å². The summed E-state index contributed by atoms with van der Waals surface area (Å²) >= 11 is 1.43. The van der Waals surface area contributed by atoms with E-state index < -0.39 is 14.3 Å². The fourth-order valence-corrected chi connectivity index (χ4v) is 5.82. The Kier molecular flexibility index (Phi) is 5.03. The lowest BCUT2D eigenvalue weighted by Gasteiger charge is -2.50. The molecule has 0 radical (unpaired) electrons. The van der Waals surface area contributed by atoms with Gasteiger partial charge < -0.3 is 14.4 Å². The van der Waals surface area contributed by atoms with E-state index in [1.807, 2.05) is 20.1 Å². The number of hydrogen-bond donors (Lipinski definition) is 1. The predicted octanol–water partition coefficient (Wildman–Crippen LogP) is 3.53. The van der Waals surface area contributed by atoms with E-state index in [4.69, 9.17) is 4.43 Å². The first-order valence-corrected chi connectivity index (χ1v) is 12.5. The highest BCUT2D eigenvalue weighted by atomic mass is 32.2. The molecule has 0 aromatic rings. The minimum atomic E-state index is -1.98. The van der Waals surface area contributed by atoms with Crippen LogP contribution in [0.4, 0.5) is 0 Å². The Hall–Kier alpha value is -0.793. The van der Waals surface area contributed by atoms with E-state index in [9.17, 15) is 14.7 Å². The van der Waals surface area contributed by atoms with Gasteiger partial charge in [-0.05, 0) is 31.3 Å². The summed E-state index contributed by atoms with van der Waals surface area (Å²) in [5, 5.41) is 9.57. The van der Waals surface area contributed by atoms with E-state index in [1.54, 1.807) is 0 Å². The zero-order chi connectivity index (χ0) is 18.6. The molecule has 0 aromatic heterocycles. The number of rotatable bonds is 5. The summed E-state index contributed by atoms with van der Waals surface area (Å²) < 4.78 is 6.42. The maximum Gasteiger partial charge on any atom is 0.353 e. The number of hydrogen-bond acceptors (Lipinski definition) is 4. The standard InChI is InChI=1S/C17H29NO4SSi/c1-9-12-11(10(2)22-24(7,8)17(3,4)5)15(19)18(12)13(16(20)21)14(9)23-6/h9-12H,1-8H3,(H,20,21)/t9-,10-,11-,12-/m1/s1. The smallest absolute Gasteiger partial charge is 0.353 e. The molecular formula is C17H29NO4SSi. The summed E-state index contributed by atoms with van der Waals surface area (Å²) in [5.41, 5.74) is 0.167. The van der Waals surface area contributed by atoms with Gasteiger partial charge in [-0.1, -0.05) is 27.7 Å². The fourth-order valence-electron chi connectivity index (χ4n) is 3.50. The second kappa shape index (κ2) is 6.18. The Morgan fingerprint density at radius 1 is 1.38 bits per heavy atom. The highest BCUT2D eigenvalue weighted by Crippen LogP contribution is 2.51. The van der Waals surface area contributed by atoms with E-state index in [1.165, 1.54) is 16.7 Å². The number of thioether (sulfide) groups is 1. The number of fused-ring (bicyclic) bond motifs is 1. The molecular weight excluding hydrogens is 342 g/mol. The Morgan fingerprint density at radius 3 is 2.33 bits per heavy atom. The number of nitrogens with zero attached hydrogens (tertiary/aromatic N) is 1. The Labute approximate surface area is 149 Å². The zero-order valence-corrected chi connectivity index (χ0v) is 17.7. The number of amides is 1. The molecule has 7 heteroatoms. The maximum absolute atomic E-state index is 12.7. The number of carboxylic acid groups (broad SMARTS) is 1. The van der Waals surface area contributed by atoms with Crippen LogP contribution in [0.2, 0.25) is 18.1 Å². The first kappa shape index (κ1) is 19.5. The Balaban J connectivity index is 2.23. The molecule has 1 N–H and O–H groups in total. The van der Waals surface area contributed by atoms with Gasteiger partial charge in [-0.2, -0.15) is 0 Å². The van der Waals surface area contributed by atoms with Gasteiger partial charge in [-0.25, -0.2) is 4.79 Å². The second-order valence-corrected chi connectivity index (χ2v) is 13.9. The van der Waals surface area contributed by atoms with Crippen molar-refractivity contribution in [1.82, 2.24) is 4.90 Å². The number of β-lactam (4-membered cyclic amide) rings is 1. The summed E-state index contributed by atoms with van der Waals surface area (Å²) in [6.45, 7) is 14.9. The van der Waals surface area contributed by atoms with Crippen molar-refractivity contribution in [3.05, 3.63) is 10.6 Å². The molecule has 2 rings (SSSR count). The molecule has 0 unspecified atom stereocenters. The lowest BCUT2D eigenvalue weighted by Crippen LogP contribution is -2.65. The maximum atomic E-state index is 12.7. The van der Waals surface area contributed by atoms with Crippen LogP contribution >= 0.6 is 11.8 Å². The van der Waals surface area contributed by atoms with E-state index in [-0.39, 0.29) is 40.6 Å². The number of aliphatic carboxylic acids is 1. The third-order valence-corrected chi connectivity index (χ3v) is 11.4. The first-order valence-electron chi connectivity index (χ1n) is 8.37. The van der Waals surface area contributed by atoms with Gasteiger partial charge in [0.25, 0.3) is 0 Å². The summed E-state index contributed by atoms with van der Waals surface area (Å²) in [5.74, 6) is -1.34. The molecule has 1 saturated heterocycles. The van der Waals surface area contributed by atoms with Crippen molar-refractivity contribution >= 4 is 32.0 Å². The van der Waals surface area contributed by atoms with Gasteiger partial charge in [0, 0.05) is 10.8 Å². The molecule has 1 fully saturated rings. The molecule has 0 spiro atoms. The van der Waals surface area contributed by atoms with E-state index >= 15 is 0 Å². The number of carboxylic acids is 1. The monoisotopic (exact) mass is 371 g/mol. The van der Waals surface area contributed by atoms with Crippen LogP contribution in [0.3, 0.4) is 0 Å². The van der Waals surface area contributed by atoms with Crippen LogP contribution in [0.15, 0.2) is 10.6 Å². The largest absolute Gasteiger partial charge is 0.477 e. The molecule has 136 valence electrons. The lowest BCUT2D eigenvalue weighted by atomic mass is 9.79. The SMILES string of the molecule is CSC1=C(C(=O)O)N2C(=O)[C@H]([C@@H](C)O[Si](C)(C)C(C)(C)C)[C@H]2[C@H]1C. The minimum Gasteiger partial charge on any atom is -0.477 e. The summed E-state index contributed by atoms with van der Waals surface area (Å²) in [4.78, 5) is 26.6. The second-order valence-electron chi connectivity index (χ2n) is 8.32. The van der Waals surface area contributed by atoms with Crippen molar-refractivity contribution in [2.45, 2.75) is 64.9 Å². The number of carbonyl (C=O) groups excluding carboxylic acids is 1. The van der Waals surface area contributed by atoms with Crippen LogP contribution in [-0.4, -0.2) is 48.6 Å². The summed E-state index contributed by atoms with van der Waals surface area (Å²) in [6.07, 6.45) is 1.67. The van der Waals surface area contributed by atoms with Crippen LogP contribution in [0, 0.1) is 11.8 Å². The molecule has 1 amide bonds. The Morgan fingerprint density at radius 2 is 1.92 bits per heavy atom. The normalized spacial score (nSPS) is 28.8. The number of carbonyl (C=O) groups is 2. The third-order valence-electron chi connectivity index (χ3n) is 5.80. The van der Waals surface area contributed by atoms with Crippen LogP contribution in [-0.2, 0) is 14.0 Å². The molecule has 2 aliphatic heterocycles. The molecule has 24 heavy (non-hydrogen) atoms. The molecule has 0 aromatic carbocycles. The van der Waals surface area contributed by atoms with Gasteiger partial charge in [0.15, 0.2) is 8.32 Å². The van der Waals surface area contributed by atoms with Gasteiger partial charge in [-0.15, -0.1) is 11.8 Å². The van der Waals surface area contributed by atoms with Crippen molar-refractivity contribution < 1.29 is 19.1 Å². The van der Waals surface area contributed by atoms with Crippen LogP contribution in [0.1, 0.15) is 34.6 Å². The fraction of sp³-hybridized carbons (Fsp3) is 0.765. The highest BCUT2D eigenvalue weighted by molar-refractivity contribution is 8.02. The lowest BCUT2D eigenvalue weighted by molar-refractivity contribution is -0.162. The molecule has 0 bridgehead atoms. The average Bonchev–Trinajstić information content (AvgIpc) is 2.66. The third kappa shape index (κ3) is 2.84. The Bertz CT molecular complexity index is 596. The summed E-state index contributed by atoms with van der Waals surface area (Å²) in [7, 11) is -1.98. The van der Waals surface area contributed by atoms with Gasteiger partial charge in [0.1, 0.15) is 5.70 Å². The zero-order valence-electron chi connectivity index (χ0n) is 15.8. The van der Waals surface area contributed by atoms with Crippen molar-refractivity contribution in [3.63, 3.8) is 0 Å². The van der Waals surface area contributed by atoms with Gasteiger partial charge in [-0.3, -0.25) is 4.79 Å². The quantitative estimate of drug-likeness (QED) is 0.591. The topological polar surface area (TPSA) is 66.8 Å². The van der Waals surface area contributed by atoms with Crippen LogP contribution < -0.4 is 0 Å². The minimum absolute atomic E-state index is 0.0410. The van der Waals surface area contributed by atoms with Crippen LogP contribution in [0.5, 0.6) is 0 Å². The molecule has 0 saturated carbocycles. The van der Waals surface area contributed by atoms with E-state index in [0.29, 0.717) is 0 Å². The van der Waals surface area contributed by atoms with Gasteiger partial charge in [0.2, 0.25) is 5.91 Å². The molecule has 4 atom stereocenters. The molecule has 0 aliphatic carbocycles. The molecule has 2 heterocycles. The predicted molar refractivity (Wildman–Crippen MR) is 99.2 cm³/mol. The van der Waals surface area contributed by atoms with E-state index in [2.05, 4.69) is 33.9 Å². The molecule has 2 aliphatic rings. The highest BCUT2D eigenvalue weighted by Gasteiger charge is 2.60. The van der Waals surface area contributed by atoms with E-state index in [0.717, 1.165) is 4.91 Å². The molecule has 5 nitrogen and oxygen atoms in total. The van der Waals surface area contributed by atoms with Crippen molar-refractivity contribution in [1.29, 1.82) is 0 Å². The summed E-state index contributed by atoms with van der Waals surface area (Å²) in [6, 6.07) is -0.0918.